The molecule has 2 amide bonds. The van der Waals surface area contributed by atoms with Gasteiger partial charge < -0.3 is 9.80 Å². The van der Waals surface area contributed by atoms with Gasteiger partial charge in [-0.15, -0.1) is 0 Å². The van der Waals surface area contributed by atoms with Crippen molar-refractivity contribution in [2.75, 3.05) is 46.3 Å². The van der Waals surface area contributed by atoms with E-state index in [1.807, 2.05) is 5.01 Å². The predicted octanol–water partition coefficient (Wildman–Crippen LogP) is -0.230. The summed E-state index contributed by atoms with van der Waals surface area (Å²) in [5.74, 6) is 0.0662. The molecule has 2 heterocycles. The van der Waals surface area contributed by atoms with Gasteiger partial charge in [0.1, 0.15) is 0 Å². The molecule has 2 atom stereocenters. The number of hydrogen-bond donors (Lipinski definition) is 1. The lowest BCUT2D eigenvalue weighted by molar-refractivity contribution is -0.150. The summed E-state index contributed by atoms with van der Waals surface area (Å²) in [4.78, 5) is 28.2. The number of hydrogen-bond acceptors (Lipinski definition) is 4. The Bertz CT molecular complexity index is 356. The Labute approximate surface area is 121 Å². The molecule has 2 saturated heterocycles. The van der Waals surface area contributed by atoms with E-state index in [1.54, 1.807) is 4.90 Å². The third kappa shape index (κ3) is 3.93. The lowest BCUT2D eigenvalue weighted by Crippen LogP contribution is -2.57. The average molecular weight is 282 g/mol. The van der Waals surface area contributed by atoms with Crippen LogP contribution in [-0.4, -0.2) is 72.9 Å². The molecule has 1 N–H and O–H groups in total. The quantitative estimate of drug-likeness (QED) is 0.675. The third-order valence-electron chi connectivity index (χ3n) is 4.11. The fraction of sp³-hybridized carbons (Fsp3) is 0.857. The molecule has 114 valence electrons. The van der Waals surface area contributed by atoms with E-state index in [-0.39, 0.29) is 5.91 Å². The van der Waals surface area contributed by atoms with Crippen LogP contribution >= 0.6 is 0 Å². The van der Waals surface area contributed by atoms with Gasteiger partial charge in [0.05, 0.1) is 0 Å². The van der Waals surface area contributed by atoms with Crippen molar-refractivity contribution in [1.29, 1.82) is 0 Å². The zero-order chi connectivity index (χ0) is 14.7. The number of piperidine rings is 1. The Kier molecular flexibility index (Phi) is 4.99. The zero-order valence-corrected chi connectivity index (χ0v) is 12.8. The van der Waals surface area contributed by atoms with E-state index >= 15 is 0 Å². The molecule has 2 unspecified atom stereocenters. The second-order valence-corrected chi connectivity index (χ2v) is 6.39. The molecular formula is C14H26N4O2. The largest absolute Gasteiger partial charge is 0.334 e. The van der Waals surface area contributed by atoms with E-state index < -0.39 is 5.91 Å². The van der Waals surface area contributed by atoms with Crippen molar-refractivity contribution >= 4 is 11.8 Å². The van der Waals surface area contributed by atoms with Crippen LogP contribution in [0.3, 0.4) is 0 Å². The molecule has 0 aromatic rings. The summed E-state index contributed by atoms with van der Waals surface area (Å²) in [6, 6.07) is 0. The Balaban J connectivity index is 1.84. The number of piperazine rings is 1. The first-order chi connectivity index (χ1) is 9.45. The van der Waals surface area contributed by atoms with E-state index in [9.17, 15) is 9.59 Å². The summed E-state index contributed by atoms with van der Waals surface area (Å²) in [7, 11) is 2.06. The first-order valence-electron chi connectivity index (χ1n) is 7.49. The smallest absolute Gasteiger partial charge is 0.323 e. The van der Waals surface area contributed by atoms with Crippen LogP contribution < -0.4 is 5.43 Å². The van der Waals surface area contributed by atoms with Gasteiger partial charge in [-0.1, -0.05) is 13.8 Å². The van der Waals surface area contributed by atoms with Crippen LogP contribution in [0, 0.1) is 11.8 Å². The van der Waals surface area contributed by atoms with Gasteiger partial charge in [0, 0.05) is 39.3 Å². The molecule has 2 aliphatic heterocycles. The van der Waals surface area contributed by atoms with Crippen molar-refractivity contribution in [2.24, 2.45) is 11.8 Å². The molecular weight excluding hydrogens is 256 g/mol. The van der Waals surface area contributed by atoms with E-state index in [2.05, 4.69) is 31.2 Å². The first kappa shape index (κ1) is 15.3. The Morgan fingerprint density at radius 2 is 1.55 bits per heavy atom. The maximum Gasteiger partial charge on any atom is 0.323 e. The van der Waals surface area contributed by atoms with E-state index in [0.29, 0.717) is 24.9 Å². The lowest BCUT2D eigenvalue weighted by Gasteiger charge is -2.36. The fourth-order valence-electron chi connectivity index (χ4n) is 3.08. The van der Waals surface area contributed by atoms with Gasteiger partial charge in [0.25, 0.3) is 0 Å². The average Bonchev–Trinajstić information content (AvgIpc) is 2.39. The second kappa shape index (κ2) is 6.54. The van der Waals surface area contributed by atoms with Gasteiger partial charge in [0.2, 0.25) is 0 Å². The second-order valence-electron chi connectivity index (χ2n) is 6.39. The van der Waals surface area contributed by atoms with Gasteiger partial charge in [0.15, 0.2) is 0 Å². The van der Waals surface area contributed by atoms with Crippen LogP contribution in [0.15, 0.2) is 0 Å². The zero-order valence-electron chi connectivity index (χ0n) is 12.8. The Hall–Kier alpha value is -1.14. The molecule has 0 bridgehead atoms. The summed E-state index contributed by atoms with van der Waals surface area (Å²) in [5, 5.41) is 1.84. The number of carbonyl (C=O) groups excluding carboxylic acids is 2. The minimum Gasteiger partial charge on any atom is -0.334 e. The number of carbonyl (C=O) groups is 2. The normalized spacial score (nSPS) is 29.2. The molecule has 0 aromatic carbocycles. The number of nitrogens with zero attached hydrogens (tertiary/aromatic N) is 3. The highest BCUT2D eigenvalue weighted by atomic mass is 16.2. The van der Waals surface area contributed by atoms with Gasteiger partial charge in [-0.05, 0) is 25.3 Å². The number of nitrogens with one attached hydrogen (secondary N) is 1. The molecule has 0 spiro atoms. The maximum atomic E-state index is 12.2. The van der Waals surface area contributed by atoms with Gasteiger partial charge >= 0.3 is 11.8 Å². The first-order valence-corrected chi connectivity index (χ1v) is 7.49. The van der Waals surface area contributed by atoms with Gasteiger partial charge in [-0.3, -0.25) is 15.0 Å². The number of likely N-dealkylation sites (tertiary alicyclic amines) is 1. The van der Waals surface area contributed by atoms with Crippen LogP contribution in [0.2, 0.25) is 0 Å². The van der Waals surface area contributed by atoms with E-state index in [1.165, 1.54) is 0 Å². The van der Waals surface area contributed by atoms with Crippen LogP contribution in [0.1, 0.15) is 20.3 Å². The van der Waals surface area contributed by atoms with E-state index in [0.717, 1.165) is 32.6 Å². The van der Waals surface area contributed by atoms with Crippen LogP contribution in [0.5, 0.6) is 0 Å². The monoisotopic (exact) mass is 282 g/mol. The summed E-state index contributed by atoms with van der Waals surface area (Å²) in [5.41, 5.74) is 2.74. The molecule has 2 aliphatic rings. The number of amides is 2. The molecule has 2 fully saturated rings. The predicted molar refractivity (Wildman–Crippen MR) is 76.7 cm³/mol. The maximum absolute atomic E-state index is 12.2. The van der Waals surface area contributed by atoms with Crippen molar-refractivity contribution in [3.05, 3.63) is 0 Å². The standard InChI is InChI=1S/C14H26N4O2/c1-11-8-12(2)10-17(9-11)14(20)13(19)15-18-6-4-16(3)5-7-18/h11-12H,4-10H2,1-3H3,(H,15,19). The van der Waals surface area contributed by atoms with Crippen LogP contribution in [0.25, 0.3) is 0 Å². The summed E-state index contributed by atoms with van der Waals surface area (Å²) >= 11 is 0. The Morgan fingerprint density at radius 3 is 2.10 bits per heavy atom. The molecule has 0 aliphatic carbocycles. The lowest BCUT2D eigenvalue weighted by atomic mass is 9.92. The minimum absolute atomic E-state index is 0.387. The number of rotatable bonds is 1. The van der Waals surface area contributed by atoms with Crippen molar-refractivity contribution in [2.45, 2.75) is 20.3 Å². The minimum atomic E-state index is -0.490. The topological polar surface area (TPSA) is 55.9 Å². The van der Waals surface area contributed by atoms with Crippen LogP contribution in [0.4, 0.5) is 0 Å². The van der Waals surface area contributed by atoms with E-state index in [4.69, 9.17) is 0 Å². The molecule has 6 nitrogen and oxygen atoms in total. The summed E-state index contributed by atoms with van der Waals surface area (Å²) in [6.07, 6.45) is 1.13. The van der Waals surface area contributed by atoms with Crippen LogP contribution in [-0.2, 0) is 9.59 Å². The molecule has 2 rings (SSSR count). The number of likely N-dealkylation sites (N-methyl/N-ethyl adjacent to an activating group) is 1. The summed E-state index contributed by atoms with van der Waals surface area (Å²) < 4.78 is 0. The molecule has 0 radical (unpaired) electrons. The van der Waals surface area contributed by atoms with Crippen molar-refractivity contribution in [3.63, 3.8) is 0 Å². The van der Waals surface area contributed by atoms with Crippen molar-refractivity contribution in [3.8, 4) is 0 Å². The van der Waals surface area contributed by atoms with Gasteiger partial charge in [-0.2, -0.15) is 0 Å². The van der Waals surface area contributed by atoms with Crippen molar-refractivity contribution in [1.82, 2.24) is 20.2 Å². The Morgan fingerprint density at radius 1 is 1.00 bits per heavy atom. The van der Waals surface area contributed by atoms with Gasteiger partial charge in [-0.25, -0.2) is 5.01 Å². The highest BCUT2D eigenvalue weighted by molar-refractivity contribution is 6.34. The number of hydrazine groups is 1. The third-order valence-corrected chi connectivity index (χ3v) is 4.11. The molecule has 0 aromatic heterocycles. The molecule has 0 saturated carbocycles. The molecule has 20 heavy (non-hydrogen) atoms. The highest BCUT2D eigenvalue weighted by Gasteiger charge is 2.30. The fourth-order valence-corrected chi connectivity index (χ4v) is 3.08. The summed E-state index contributed by atoms with van der Waals surface area (Å²) in [6.45, 7) is 9.00. The molecule has 6 heteroatoms. The van der Waals surface area contributed by atoms with Crippen molar-refractivity contribution < 1.29 is 9.59 Å². The highest BCUT2D eigenvalue weighted by Crippen LogP contribution is 2.20. The SMILES string of the molecule is CC1CC(C)CN(C(=O)C(=O)NN2CCN(C)CC2)C1.